The number of halogens is 1. The van der Waals surface area contributed by atoms with Crippen LogP contribution in [0.1, 0.15) is 27.9 Å². The van der Waals surface area contributed by atoms with Gasteiger partial charge in [-0.25, -0.2) is 4.79 Å². The summed E-state index contributed by atoms with van der Waals surface area (Å²) in [5.41, 5.74) is 2.61. The molecule has 0 saturated heterocycles. The molecule has 2 aromatic carbocycles. The van der Waals surface area contributed by atoms with Gasteiger partial charge in [0.25, 0.3) is 0 Å². The first-order valence-corrected chi connectivity index (χ1v) is 9.64. The number of esters is 1. The SMILES string of the molecule is COc1cc(C(=O)OCCNC(=O)CCc2ccc(C)cc2)cc(OC)c1Br. The number of carbonyl (C=O) groups is 2. The van der Waals surface area contributed by atoms with Crippen LogP contribution in [0.2, 0.25) is 0 Å². The van der Waals surface area contributed by atoms with Crippen LogP contribution in [0.4, 0.5) is 0 Å². The van der Waals surface area contributed by atoms with E-state index in [1.165, 1.54) is 19.8 Å². The molecule has 150 valence electrons. The Balaban J connectivity index is 1.76. The fraction of sp³-hybridized carbons (Fsp3) is 0.333. The lowest BCUT2D eigenvalue weighted by atomic mass is 10.1. The van der Waals surface area contributed by atoms with E-state index >= 15 is 0 Å². The van der Waals surface area contributed by atoms with Gasteiger partial charge in [-0.05, 0) is 47.0 Å². The number of ether oxygens (including phenoxy) is 3. The third-order valence-corrected chi connectivity index (χ3v) is 4.88. The highest BCUT2D eigenvalue weighted by atomic mass is 79.9. The van der Waals surface area contributed by atoms with Crippen LogP contribution in [0.25, 0.3) is 0 Å². The highest BCUT2D eigenvalue weighted by Gasteiger charge is 2.15. The maximum atomic E-state index is 12.2. The second-order valence-corrected chi connectivity index (χ2v) is 6.96. The average molecular weight is 450 g/mol. The normalized spacial score (nSPS) is 10.3. The smallest absolute Gasteiger partial charge is 0.338 e. The van der Waals surface area contributed by atoms with Crippen molar-refractivity contribution >= 4 is 27.8 Å². The molecule has 7 heteroatoms. The molecular weight excluding hydrogens is 426 g/mol. The molecule has 0 unspecified atom stereocenters. The van der Waals surface area contributed by atoms with Crippen LogP contribution in [0, 0.1) is 6.92 Å². The van der Waals surface area contributed by atoms with E-state index in [9.17, 15) is 9.59 Å². The minimum absolute atomic E-state index is 0.0792. The highest BCUT2D eigenvalue weighted by Crippen LogP contribution is 2.35. The number of amides is 1. The second kappa shape index (κ2) is 10.7. The number of carbonyl (C=O) groups excluding carboxylic acids is 2. The van der Waals surface area contributed by atoms with E-state index in [0.29, 0.717) is 34.4 Å². The van der Waals surface area contributed by atoms with Gasteiger partial charge < -0.3 is 19.5 Å². The van der Waals surface area contributed by atoms with Crippen molar-refractivity contribution < 1.29 is 23.8 Å². The number of aryl methyl sites for hydroxylation is 2. The average Bonchev–Trinajstić information content (AvgIpc) is 2.70. The summed E-state index contributed by atoms with van der Waals surface area (Å²) in [5.74, 6) is 0.341. The summed E-state index contributed by atoms with van der Waals surface area (Å²) in [5, 5.41) is 2.75. The van der Waals surface area contributed by atoms with Gasteiger partial charge in [0.05, 0.1) is 26.3 Å². The van der Waals surface area contributed by atoms with Gasteiger partial charge in [-0.3, -0.25) is 4.79 Å². The fourth-order valence-electron chi connectivity index (χ4n) is 2.51. The highest BCUT2D eigenvalue weighted by molar-refractivity contribution is 9.10. The van der Waals surface area contributed by atoms with Gasteiger partial charge in [0.1, 0.15) is 22.6 Å². The first-order chi connectivity index (χ1) is 13.4. The first-order valence-electron chi connectivity index (χ1n) is 8.85. The molecule has 0 fully saturated rings. The van der Waals surface area contributed by atoms with Crippen LogP contribution in [0.15, 0.2) is 40.9 Å². The number of nitrogens with one attached hydrogen (secondary N) is 1. The monoisotopic (exact) mass is 449 g/mol. The second-order valence-electron chi connectivity index (χ2n) is 6.17. The first kappa shape index (κ1) is 21.8. The third-order valence-electron chi connectivity index (χ3n) is 4.10. The van der Waals surface area contributed by atoms with Crippen molar-refractivity contribution in [3.05, 3.63) is 57.6 Å². The lowest BCUT2D eigenvalue weighted by molar-refractivity contribution is -0.121. The standard InChI is InChI=1S/C21H24BrNO5/c1-14-4-6-15(7-5-14)8-9-19(24)23-10-11-28-21(25)16-12-17(26-2)20(22)18(13-16)27-3/h4-7,12-13H,8-11H2,1-3H3,(H,23,24). The van der Waals surface area contributed by atoms with Crippen LogP contribution in [0.3, 0.4) is 0 Å². The quantitative estimate of drug-likeness (QED) is 0.466. The number of methoxy groups -OCH3 is 2. The molecule has 0 heterocycles. The maximum absolute atomic E-state index is 12.2. The maximum Gasteiger partial charge on any atom is 0.338 e. The largest absolute Gasteiger partial charge is 0.495 e. The molecule has 0 spiro atoms. The summed E-state index contributed by atoms with van der Waals surface area (Å²) in [4.78, 5) is 24.1. The van der Waals surface area contributed by atoms with Crippen molar-refractivity contribution in [2.24, 2.45) is 0 Å². The Labute approximate surface area is 173 Å². The van der Waals surface area contributed by atoms with E-state index < -0.39 is 5.97 Å². The Kier molecular flexibility index (Phi) is 8.32. The zero-order valence-electron chi connectivity index (χ0n) is 16.2. The van der Waals surface area contributed by atoms with Crippen LogP contribution in [-0.4, -0.2) is 39.2 Å². The van der Waals surface area contributed by atoms with Gasteiger partial charge >= 0.3 is 5.97 Å². The molecule has 0 saturated carbocycles. The van der Waals surface area contributed by atoms with Gasteiger partial charge in [-0.1, -0.05) is 29.8 Å². The molecule has 28 heavy (non-hydrogen) atoms. The number of hydrogen-bond acceptors (Lipinski definition) is 5. The van der Waals surface area contributed by atoms with Crippen LogP contribution in [-0.2, 0) is 16.0 Å². The van der Waals surface area contributed by atoms with Crippen LogP contribution < -0.4 is 14.8 Å². The van der Waals surface area contributed by atoms with Gasteiger partial charge in [0.15, 0.2) is 0 Å². The molecule has 6 nitrogen and oxygen atoms in total. The summed E-state index contributed by atoms with van der Waals surface area (Å²) in [6.07, 6.45) is 1.06. The summed E-state index contributed by atoms with van der Waals surface area (Å²) in [6.45, 7) is 2.36. The minimum atomic E-state index is -0.516. The zero-order valence-corrected chi connectivity index (χ0v) is 17.8. The molecule has 0 aliphatic rings. The van der Waals surface area contributed by atoms with Crippen molar-refractivity contribution in [1.29, 1.82) is 0 Å². The molecular formula is C21H24BrNO5. The topological polar surface area (TPSA) is 73.9 Å². The van der Waals surface area contributed by atoms with Crippen LogP contribution in [0.5, 0.6) is 11.5 Å². The number of rotatable bonds is 9. The van der Waals surface area contributed by atoms with E-state index in [2.05, 4.69) is 21.2 Å². The third kappa shape index (κ3) is 6.27. The molecule has 0 aliphatic carbocycles. The molecule has 2 aromatic rings. The molecule has 1 N–H and O–H groups in total. The van der Waals surface area contributed by atoms with Crippen molar-refractivity contribution in [3.63, 3.8) is 0 Å². The molecule has 2 rings (SSSR count). The Morgan fingerprint density at radius 1 is 1.04 bits per heavy atom. The Morgan fingerprint density at radius 3 is 2.21 bits per heavy atom. The molecule has 0 atom stereocenters. The van der Waals surface area contributed by atoms with E-state index in [0.717, 1.165) is 5.56 Å². The van der Waals surface area contributed by atoms with E-state index in [1.807, 2.05) is 31.2 Å². The Morgan fingerprint density at radius 2 is 1.64 bits per heavy atom. The summed E-state index contributed by atoms with van der Waals surface area (Å²) in [7, 11) is 3.00. The summed E-state index contributed by atoms with van der Waals surface area (Å²) in [6, 6.07) is 11.2. The van der Waals surface area contributed by atoms with Crippen molar-refractivity contribution in [2.75, 3.05) is 27.4 Å². The van der Waals surface area contributed by atoms with Crippen molar-refractivity contribution in [3.8, 4) is 11.5 Å². The lowest BCUT2D eigenvalue weighted by Crippen LogP contribution is -2.28. The predicted octanol–water partition coefficient (Wildman–Crippen LogP) is 3.68. The van der Waals surface area contributed by atoms with Gasteiger partial charge in [-0.2, -0.15) is 0 Å². The molecule has 0 radical (unpaired) electrons. The molecule has 0 bridgehead atoms. The number of hydrogen-bond donors (Lipinski definition) is 1. The van der Waals surface area contributed by atoms with Crippen molar-refractivity contribution in [2.45, 2.75) is 19.8 Å². The minimum Gasteiger partial charge on any atom is -0.495 e. The van der Waals surface area contributed by atoms with Crippen LogP contribution >= 0.6 is 15.9 Å². The van der Waals surface area contributed by atoms with E-state index in [4.69, 9.17) is 14.2 Å². The predicted molar refractivity (Wildman–Crippen MR) is 110 cm³/mol. The summed E-state index contributed by atoms with van der Waals surface area (Å²) >= 11 is 3.35. The van der Waals surface area contributed by atoms with Crippen molar-refractivity contribution in [1.82, 2.24) is 5.32 Å². The Hall–Kier alpha value is -2.54. The summed E-state index contributed by atoms with van der Waals surface area (Å²) < 4.78 is 16.3. The molecule has 0 aromatic heterocycles. The Bertz CT molecular complexity index is 795. The molecule has 1 amide bonds. The van der Waals surface area contributed by atoms with E-state index in [-0.39, 0.29) is 19.1 Å². The van der Waals surface area contributed by atoms with Gasteiger partial charge in [-0.15, -0.1) is 0 Å². The van der Waals surface area contributed by atoms with Gasteiger partial charge in [0, 0.05) is 6.42 Å². The zero-order chi connectivity index (χ0) is 20.5. The molecule has 0 aliphatic heterocycles. The number of benzene rings is 2. The lowest BCUT2D eigenvalue weighted by Gasteiger charge is -2.11. The van der Waals surface area contributed by atoms with Gasteiger partial charge in [0.2, 0.25) is 5.91 Å². The van der Waals surface area contributed by atoms with E-state index in [1.54, 1.807) is 12.1 Å². The fourth-order valence-corrected chi connectivity index (χ4v) is 3.06.